The van der Waals surface area contributed by atoms with Gasteiger partial charge in [0.05, 0.1) is 5.56 Å². The van der Waals surface area contributed by atoms with Gasteiger partial charge in [-0.05, 0) is 18.2 Å². The van der Waals surface area contributed by atoms with E-state index in [-0.39, 0.29) is 6.10 Å². The number of H-pyrrole nitrogens is 1. The molecule has 0 radical (unpaired) electrons. The molecule has 156 valence electrons. The first-order valence-corrected chi connectivity index (χ1v) is 10.1. The highest BCUT2D eigenvalue weighted by atomic mass is 16.5. The van der Waals surface area contributed by atoms with Gasteiger partial charge >= 0.3 is 0 Å². The van der Waals surface area contributed by atoms with Crippen molar-refractivity contribution in [2.24, 2.45) is 0 Å². The second-order valence-electron chi connectivity index (χ2n) is 7.37. The number of rotatable bonds is 5. The number of aromatic nitrogens is 5. The Balaban J connectivity index is 1.18. The van der Waals surface area contributed by atoms with Crippen molar-refractivity contribution in [3.63, 3.8) is 0 Å². The number of benzene rings is 1. The van der Waals surface area contributed by atoms with Crippen molar-refractivity contribution in [2.45, 2.75) is 18.9 Å². The van der Waals surface area contributed by atoms with E-state index in [1.54, 1.807) is 40.3 Å². The van der Waals surface area contributed by atoms with E-state index in [0.29, 0.717) is 43.2 Å². The molecule has 9 heteroatoms. The summed E-state index contributed by atoms with van der Waals surface area (Å²) in [7, 11) is 0. The van der Waals surface area contributed by atoms with Crippen LogP contribution in [0.1, 0.15) is 23.2 Å². The minimum Gasteiger partial charge on any atom is -0.473 e. The van der Waals surface area contributed by atoms with Gasteiger partial charge in [-0.2, -0.15) is 5.10 Å². The van der Waals surface area contributed by atoms with Gasteiger partial charge in [0.15, 0.2) is 5.82 Å². The average Bonchev–Trinajstić information content (AvgIpc) is 3.50. The van der Waals surface area contributed by atoms with Gasteiger partial charge in [0, 0.05) is 61.5 Å². The van der Waals surface area contributed by atoms with E-state index in [1.807, 2.05) is 30.3 Å². The van der Waals surface area contributed by atoms with E-state index in [2.05, 4.69) is 20.3 Å². The van der Waals surface area contributed by atoms with E-state index < -0.39 is 11.7 Å². The van der Waals surface area contributed by atoms with E-state index in [1.165, 1.54) is 0 Å². The van der Waals surface area contributed by atoms with Crippen molar-refractivity contribution in [2.75, 3.05) is 13.1 Å². The molecule has 0 bridgehead atoms. The summed E-state index contributed by atoms with van der Waals surface area (Å²) in [6.45, 7) is 0.910. The lowest BCUT2D eigenvalue weighted by Crippen LogP contribution is -2.44. The zero-order valence-corrected chi connectivity index (χ0v) is 16.6. The van der Waals surface area contributed by atoms with Gasteiger partial charge in [-0.15, -0.1) is 10.2 Å². The average molecular weight is 416 g/mol. The molecule has 0 unspecified atom stereocenters. The molecule has 0 spiro atoms. The summed E-state index contributed by atoms with van der Waals surface area (Å²) in [4.78, 5) is 30.1. The molecule has 4 aromatic rings. The number of ether oxygens (including phenoxy) is 1. The number of piperidine rings is 1. The number of Topliss-reactive ketones (excluding diaryl/α,β-unsaturated/α-hetero) is 1. The Morgan fingerprint density at radius 2 is 1.87 bits per heavy atom. The lowest BCUT2D eigenvalue weighted by molar-refractivity contribution is -0.128. The molecule has 1 N–H and O–H groups in total. The second-order valence-corrected chi connectivity index (χ2v) is 7.37. The first-order valence-electron chi connectivity index (χ1n) is 10.1. The van der Waals surface area contributed by atoms with Crippen LogP contribution in [0.2, 0.25) is 0 Å². The SMILES string of the molecule is O=C(C(=O)N1CCC(Oc2ccc(-n3cccn3)nn2)CC1)c1c[nH]c2ccccc12. The van der Waals surface area contributed by atoms with Gasteiger partial charge in [-0.3, -0.25) is 9.59 Å². The molecule has 1 fully saturated rings. The molecule has 3 aromatic heterocycles. The van der Waals surface area contributed by atoms with E-state index in [0.717, 1.165) is 10.9 Å². The number of nitrogens with one attached hydrogen (secondary N) is 1. The third-order valence-electron chi connectivity index (χ3n) is 5.41. The molecule has 0 aliphatic carbocycles. The van der Waals surface area contributed by atoms with Crippen LogP contribution in [0.15, 0.2) is 61.1 Å². The highest BCUT2D eigenvalue weighted by Gasteiger charge is 2.29. The summed E-state index contributed by atoms with van der Waals surface area (Å²) in [5.41, 5.74) is 1.25. The normalized spacial score (nSPS) is 14.6. The molecule has 1 aliphatic rings. The molecule has 5 rings (SSSR count). The van der Waals surface area contributed by atoms with Gasteiger partial charge in [0.2, 0.25) is 5.88 Å². The fraction of sp³-hybridized carbons (Fsp3) is 0.227. The Morgan fingerprint density at radius 3 is 2.61 bits per heavy atom. The minimum absolute atomic E-state index is 0.0860. The van der Waals surface area contributed by atoms with Crippen LogP contribution >= 0.6 is 0 Å². The number of para-hydroxylation sites is 1. The monoisotopic (exact) mass is 416 g/mol. The van der Waals surface area contributed by atoms with Crippen LogP contribution in [-0.2, 0) is 4.79 Å². The predicted octanol–water partition coefficient (Wildman–Crippen LogP) is 2.40. The molecule has 1 saturated heterocycles. The van der Waals surface area contributed by atoms with Gasteiger partial charge in [0.1, 0.15) is 6.10 Å². The number of amides is 1. The summed E-state index contributed by atoms with van der Waals surface area (Å²) >= 11 is 0. The maximum Gasteiger partial charge on any atom is 0.295 e. The van der Waals surface area contributed by atoms with Crippen molar-refractivity contribution < 1.29 is 14.3 Å². The molecule has 4 heterocycles. The fourth-order valence-corrected chi connectivity index (χ4v) is 3.77. The fourth-order valence-electron chi connectivity index (χ4n) is 3.77. The van der Waals surface area contributed by atoms with Gasteiger partial charge in [0.25, 0.3) is 11.7 Å². The molecule has 0 atom stereocenters. The molecule has 0 saturated carbocycles. The topological polar surface area (TPSA) is 106 Å². The quantitative estimate of drug-likeness (QED) is 0.396. The largest absolute Gasteiger partial charge is 0.473 e. The Kier molecular flexibility index (Phi) is 4.91. The number of hydrogen-bond acceptors (Lipinski definition) is 6. The maximum absolute atomic E-state index is 12.8. The van der Waals surface area contributed by atoms with Crippen LogP contribution < -0.4 is 4.74 Å². The number of aromatic amines is 1. The van der Waals surface area contributed by atoms with Crippen molar-refractivity contribution in [1.82, 2.24) is 29.9 Å². The molecular weight excluding hydrogens is 396 g/mol. The number of carbonyl (C=O) groups excluding carboxylic acids is 2. The Labute approximate surface area is 177 Å². The zero-order chi connectivity index (χ0) is 21.2. The summed E-state index contributed by atoms with van der Waals surface area (Å²) in [5, 5.41) is 13.1. The molecule has 1 amide bonds. The third-order valence-corrected chi connectivity index (χ3v) is 5.41. The molecule has 1 aromatic carbocycles. The predicted molar refractivity (Wildman–Crippen MR) is 112 cm³/mol. The lowest BCUT2D eigenvalue weighted by Gasteiger charge is -2.31. The molecule has 1 aliphatic heterocycles. The first-order chi connectivity index (χ1) is 15.2. The number of likely N-dealkylation sites (tertiary alicyclic amines) is 1. The van der Waals surface area contributed by atoms with E-state index >= 15 is 0 Å². The molecule has 9 nitrogen and oxygen atoms in total. The van der Waals surface area contributed by atoms with Crippen LogP contribution in [0.4, 0.5) is 0 Å². The first kappa shape index (κ1) is 19.0. The second kappa shape index (κ2) is 8.02. The van der Waals surface area contributed by atoms with Crippen LogP contribution in [0.3, 0.4) is 0 Å². The van der Waals surface area contributed by atoms with Crippen molar-refractivity contribution >= 4 is 22.6 Å². The number of fused-ring (bicyclic) bond motifs is 1. The standard InChI is InChI=1S/C22H20N6O3/c29-21(17-14-23-18-5-2-1-4-16(17)18)22(30)27-12-8-15(9-13-27)31-20-7-6-19(25-26-20)28-11-3-10-24-28/h1-7,10-11,14-15,23H,8-9,12-13H2. The Hall–Kier alpha value is -4.01. The zero-order valence-electron chi connectivity index (χ0n) is 16.6. The Bertz CT molecular complexity index is 1210. The van der Waals surface area contributed by atoms with Crippen LogP contribution in [0.25, 0.3) is 16.7 Å². The van der Waals surface area contributed by atoms with Crippen molar-refractivity contribution in [3.05, 3.63) is 66.6 Å². The van der Waals surface area contributed by atoms with Crippen LogP contribution in [0, 0.1) is 0 Å². The number of nitrogens with zero attached hydrogens (tertiary/aromatic N) is 5. The van der Waals surface area contributed by atoms with E-state index in [9.17, 15) is 9.59 Å². The number of ketones is 1. The molecular formula is C22H20N6O3. The number of carbonyl (C=O) groups is 2. The number of hydrogen-bond donors (Lipinski definition) is 1. The minimum atomic E-state index is -0.489. The lowest BCUT2D eigenvalue weighted by atomic mass is 10.0. The smallest absolute Gasteiger partial charge is 0.295 e. The van der Waals surface area contributed by atoms with Crippen molar-refractivity contribution in [1.29, 1.82) is 0 Å². The summed E-state index contributed by atoms with van der Waals surface area (Å²) < 4.78 is 7.53. The van der Waals surface area contributed by atoms with Crippen molar-refractivity contribution in [3.8, 4) is 11.7 Å². The van der Waals surface area contributed by atoms with Gasteiger partial charge < -0.3 is 14.6 Å². The van der Waals surface area contributed by atoms with Gasteiger partial charge in [-0.1, -0.05) is 18.2 Å². The van der Waals surface area contributed by atoms with E-state index in [4.69, 9.17) is 4.74 Å². The summed E-state index contributed by atoms with van der Waals surface area (Å²) in [6, 6.07) is 12.8. The maximum atomic E-state index is 12.8. The summed E-state index contributed by atoms with van der Waals surface area (Å²) in [5.74, 6) is 0.0626. The van der Waals surface area contributed by atoms with Gasteiger partial charge in [-0.25, -0.2) is 4.68 Å². The van der Waals surface area contributed by atoms with Crippen LogP contribution in [-0.4, -0.2) is 60.7 Å². The Morgan fingerprint density at radius 1 is 1.03 bits per heavy atom. The van der Waals surface area contributed by atoms with Crippen LogP contribution in [0.5, 0.6) is 5.88 Å². The highest BCUT2D eigenvalue weighted by Crippen LogP contribution is 2.21. The molecule has 31 heavy (non-hydrogen) atoms. The summed E-state index contributed by atoms with van der Waals surface area (Å²) in [6.07, 6.45) is 6.22. The highest BCUT2D eigenvalue weighted by molar-refractivity contribution is 6.44. The third kappa shape index (κ3) is 3.77.